The Balaban J connectivity index is 3.20. The highest BCUT2D eigenvalue weighted by Gasteiger charge is 2.15. The summed E-state index contributed by atoms with van der Waals surface area (Å²) in [5, 5.41) is 42.8. The molecule has 0 fully saturated rings. The number of anilines is 3. The van der Waals surface area contributed by atoms with Gasteiger partial charge in [-0.15, -0.1) is 0 Å². The molecule has 0 aliphatic heterocycles. The van der Waals surface area contributed by atoms with E-state index in [2.05, 4.69) is 15.0 Å². The van der Waals surface area contributed by atoms with Gasteiger partial charge in [0.2, 0.25) is 0 Å². The molecule has 0 aromatic carbocycles. The Labute approximate surface area is 82.5 Å². The lowest BCUT2D eigenvalue weighted by Crippen LogP contribution is -2.23. The van der Waals surface area contributed by atoms with E-state index < -0.39 is 28.3 Å². The molecule has 0 spiro atoms. The Bertz CT molecular complexity index is 278. The first-order valence-corrected chi connectivity index (χ1v) is 3.46. The van der Waals surface area contributed by atoms with Gasteiger partial charge in [-0.3, -0.25) is 26.0 Å². The summed E-state index contributed by atoms with van der Waals surface area (Å²) in [4.78, 5) is 9.90. The zero-order valence-electron chi connectivity index (χ0n) is 7.42. The van der Waals surface area contributed by atoms with Crippen molar-refractivity contribution in [2.24, 2.45) is 0 Å². The molecule has 0 aliphatic carbocycles. The van der Waals surface area contributed by atoms with Crippen LogP contribution in [-0.2, 0) is 0 Å². The smallest absolute Gasteiger partial charge is 0.284 e. The van der Waals surface area contributed by atoms with E-state index in [0.29, 0.717) is 5.06 Å². The molecule has 0 saturated carbocycles. The van der Waals surface area contributed by atoms with E-state index in [9.17, 15) is 0 Å². The highest BCUT2D eigenvalue weighted by molar-refractivity contribution is 5.39. The third-order valence-electron chi connectivity index (χ3n) is 1.25. The highest BCUT2D eigenvalue weighted by Crippen LogP contribution is 2.13. The van der Waals surface area contributed by atoms with Crippen LogP contribution in [0.25, 0.3) is 0 Å². The van der Waals surface area contributed by atoms with E-state index >= 15 is 0 Å². The van der Waals surface area contributed by atoms with Crippen molar-refractivity contribution in [2.45, 2.75) is 0 Å². The van der Waals surface area contributed by atoms with Crippen LogP contribution in [0, 0.1) is 0 Å². The molecule has 5 N–H and O–H groups in total. The van der Waals surface area contributed by atoms with Crippen molar-refractivity contribution in [2.75, 3.05) is 22.6 Å². The topological polar surface area (TPSA) is 150 Å². The standard InChI is InChI=1S/C4H8N6O5/c1-8(11)2-5-3(9(12)13)7-4(6-2)10(14)15/h11-15H,1H3. The minimum atomic E-state index is -0.705. The van der Waals surface area contributed by atoms with Crippen molar-refractivity contribution in [3.63, 3.8) is 0 Å². The van der Waals surface area contributed by atoms with Crippen LogP contribution in [0.15, 0.2) is 0 Å². The Kier molecular flexibility index (Phi) is 3.13. The summed E-state index contributed by atoms with van der Waals surface area (Å²) in [5.41, 5.74) is 0. The Hall–Kier alpha value is -1.79. The van der Waals surface area contributed by atoms with Crippen LogP contribution in [0.4, 0.5) is 17.8 Å². The monoisotopic (exact) mass is 220 g/mol. The van der Waals surface area contributed by atoms with E-state index in [1.54, 1.807) is 0 Å². The minimum absolute atomic E-state index is 0.418. The molecule has 84 valence electrons. The first kappa shape index (κ1) is 11.3. The Morgan fingerprint density at radius 1 is 0.733 bits per heavy atom. The minimum Gasteiger partial charge on any atom is -0.286 e. The number of hydroxylamine groups is 1. The fourth-order valence-electron chi connectivity index (χ4n) is 0.667. The van der Waals surface area contributed by atoms with Gasteiger partial charge in [0.25, 0.3) is 17.8 Å². The largest absolute Gasteiger partial charge is 0.286 e. The zero-order chi connectivity index (χ0) is 11.6. The average molecular weight is 220 g/mol. The molecule has 0 bridgehead atoms. The average Bonchev–Trinajstić information content (AvgIpc) is 2.16. The fraction of sp³-hybridized carbons (Fsp3) is 0.250. The normalized spacial score (nSPS) is 10.0. The van der Waals surface area contributed by atoms with Crippen LogP contribution in [-0.4, -0.2) is 48.0 Å². The van der Waals surface area contributed by atoms with Crippen LogP contribution < -0.4 is 15.5 Å². The number of hydrogen-bond acceptors (Lipinski definition) is 11. The first-order chi connectivity index (χ1) is 6.91. The molecular formula is C4H8N6O5. The molecule has 0 saturated heterocycles. The predicted molar refractivity (Wildman–Crippen MR) is 42.1 cm³/mol. The van der Waals surface area contributed by atoms with E-state index in [1.165, 1.54) is 0 Å². The summed E-state index contributed by atoms with van der Waals surface area (Å²) in [6.07, 6.45) is 0. The van der Waals surface area contributed by atoms with E-state index in [4.69, 9.17) is 26.0 Å². The van der Waals surface area contributed by atoms with Crippen LogP contribution >= 0.6 is 0 Å². The van der Waals surface area contributed by atoms with Crippen molar-refractivity contribution >= 4 is 17.8 Å². The lowest BCUT2D eigenvalue weighted by Gasteiger charge is -2.13. The van der Waals surface area contributed by atoms with Gasteiger partial charge >= 0.3 is 0 Å². The number of hydrogen-bond donors (Lipinski definition) is 5. The molecular weight excluding hydrogens is 212 g/mol. The van der Waals surface area contributed by atoms with Crippen LogP contribution in [0.3, 0.4) is 0 Å². The summed E-state index contributed by atoms with van der Waals surface area (Å²) in [7, 11) is 1.14. The van der Waals surface area contributed by atoms with Crippen LogP contribution in [0.2, 0.25) is 0 Å². The SMILES string of the molecule is CN(O)c1nc(N(O)O)nc(N(O)O)n1. The molecule has 0 unspecified atom stereocenters. The van der Waals surface area contributed by atoms with Gasteiger partial charge in [-0.05, 0) is 0 Å². The molecule has 1 aromatic heterocycles. The van der Waals surface area contributed by atoms with Gasteiger partial charge in [-0.2, -0.15) is 15.0 Å². The molecule has 15 heavy (non-hydrogen) atoms. The molecule has 1 aromatic rings. The van der Waals surface area contributed by atoms with Crippen LogP contribution in [0.1, 0.15) is 0 Å². The molecule has 0 aliphatic rings. The lowest BCUT2D eigenvalue weighted by atomic mass is 10.8. The van der Waals surface area contributed by atoms with Crippen molar-refractivity contribution in [1.29, 1.82) is 0 Å². The lowest BCUT2D eigenvalue weighted by molar-refractivity contribution is 0.0178. The van der Waals surface area contributed by atoms with Gasteiger partial charge in [0.05, 0.1) is 0 Å². The first-order valence-electron chi connectivity index (χ1n) is 3.46. The van der Waals surface area contributed by atoms with Gasteiger partial charge < -0.3 is 0 Å². The molecule has 0 amide bonds. The van der Waals surface area contributed by atoms with Gasteiger partial charge in [0.1, 0.15) is 0 Å². The quantitative estimate of drug-likeness (QED) is 0.393. The van der Waals surface area contributed by atoms with E-state index in [0.717, 1.165) is 7.05 Å². The number of rotatable bonds is 3. The van der Waals surface area contributed by atoms with E-state index in [-0.39, 0.29) is 0 Å². The second-order valence-electron chi connectivity index (χ2n) is 2.34. The Morgan fingerprint density at radius 2 is 1.07 bits per heavy atom. The summed E-state index contributed by atoms with van der Waals surface area (Å²) >= 11 is 0. The zero-order valence-corrected chi connectivity index (χ0v) is 7.42. The van der Waals surface area contributed by atoms with Crippen molar-refractivity contribution in [3.8, 4) is 0 Å². The van der Waals surface area contributed by atoms with Gasteiger partial charge in [-0.1, -0.05) is 10.5 Å². The predicted octanol–water partition coefficient (Wildman–Crippen LogP) is -1.13. The summed E-state index contributed by atoms with van der Waals surface area (Å²) in [6, 6.07) is 0. The van der Waals surface area contributed by atoms with Gasteiger partial charge in [-0.25, -0.2) is 5.06 Å². The highest BCUT2D eigenvalue weighted by atomic mass is 16.8. The summed E-state index contributed by atoms with van der Waals surface area (Å²) in [6.45, 7) is 0. The number of aromatic nitrogens is 3. The second-order valence-corrected chi connectivity index (χ2v) is 2.34. The maximum Gasteiger partial charge on any atom is 0.284 e. The van der Waals surface area contributed by atoms with Crippen LogP contribution in [0.5, 0.6) is 0 Å². The summed E-state index contributed by atoms with van der Waals surface area (Å²) in [5.74, 6) is -1.83. The van der Waals surface area contributed by atoms with Crippen molar-refractivity contribution < 1.29 is 26.0 Å². The molecule has 1 heterocycles. The summed E-state index contributed by atoms with van der Waals surface area (Å²) < 4.78 is 0. The van der Waals surface area contributed by atoms with Crippen molar-refractivity contribution in [1.82, 2.24) is 15.0 Å². The van der Waals surface area contributed by atoms with E-state index in [1.807, 2.05) is 0 Å². The van der Waals surface area contributed by atoms with Gasteiger partial charge in [0.15, 0.2) is 0 Å². The Morgan fingerprint density at radius 3 is 1.33 bits per heavy atom. The molecule has 0 atom stereocenters. The third-order valence-corrected chi connectivity index (χ3v) is 1.25. The maximum atomic E-state index is 8.95. The molecule has 1 rings (SSSR count). The molecule has 11 nitrogen and oxygen atoms in total. The maximum absolute atomic E-state index is 8.95. The second kappa shape index (κ2) is 4.16. The molecule has 11 heteroatoms. The van der Waals surface area contributed by atoms with Gasteiger partial charge in [0, 0.05) is 7.05 Å². The number of nitrogens with zero attached hydrogens (tertiary/aromatic N) is 6. The fourth-order valence-corrected chi connectivity index (χ4v) is 0.667. The molecule has 0 radical (unpaired) electrons. The third kappa shape index (κ3) is 2.58. The van der Waals surface area contributed by atoms with Crippen molar-refractivity contribution in [3.05, 3.63) is 0 Å².